The van der Waals surface area contributed by atoms with Gasteiger partial charge in [-0.25, -0.2) is 53.4 Å². The van der Waals surface area contributed by atoms with Crippen LogP contribution in [-0.2, 0) is 21.5 Å². The van der Waals surface area contributed by atoms with Crippen molar-refractivity contribution in [3.63, 3.8) is 0 Å². The molecule has 0 aliphatic carbocycles. The number of pyridine rings is 5. The lowest BCUT2D eigenvalue weighted by Crippen LogP contribution is -2.28. The summed E-state index contributed by atoms with van der Waals surface area (Å²) in [5, 5.41) is 35.3. The van der Waals surface area contributed by atoms with Crippen molar-refractivity contribution in [1.29, 1.82) is 0 Å². The number of benzene rings is 2. The van der Waals surface area contributed by atoms with Gasteiger partial charge < -0.3 is 47.8 Å². The lowest BCUT2D eigenvalue weighted by atomic mass is 9.84. The van der Waals surface area contributed by atoms with Crippen LogP contribution in [0, 0.1) is 48.5 Å². The Morgan fingerprint density at radius 3 is 1.16 bits per heavy atom. The van der Waals surface area contributed by atoms with Crippen molar-refractivity contribution in [2.75, 3.05) is 0 Å². The van der Waals surface area contributed by atoms with E-state index in [1.54, 1.807) is 82.5 Å². The SMILES string of the molecule is CC(=O)C(=C(C)N)c1cnc2c(-c3ccc(C(=O)O)c(Cl)c3)cn([C@@H](C)c3ccccn3)c2n1.Cc1ccc(-c2cn([C@@H](C)c3ccccn3)c3nc(-c4c(C)noc4C)cnc23)cn1.Cc1noc(C)c1-c1cnc2c(-c3ccc(C(C)(C)C(=O)O)cc3)cn([C@@H](C)c3ccccn3)c2n1.Cc1noc(C)c1-c1cnc2c(-c3cnn(CC(C)(F)F)c3)cn([C@@H](C)c3ccccn3)c2n1. The normalized spacial score (nSPS) is 12.8. The second-order valence-electron chi connectivity index (χ2n) is 33.6. The number of allylic oxidation sites excluding steroid dienone is 2. The standard InChI is InChI=1S/C28H27N5O3.C25H22ClN5O3.C24H23F2N7O.C24H22N6O/c1-16-24(18(3)36-32-16)23-14-30-25-21(19-9-11-20(12-10-19)28(4,5)27(34)35)15-33(26(25)31-23)17(2)22-8-6-7-13-29-22;1-13(27)22(15(3)32)21-11-29-23-18(16-7-8-17(25(33)34)19(26)10-16)12-31(24(23)30-21)14(2)20-6-4-5-9-28-20;1-14-21(16(3)34-31-14)20-10-28-22-18(17-9-29-32(11-17)13-24(4,25)26)12-33(23(22)30-20)15(2)19-7-5-6-8-27-19;1-14-8-9-18(11-26-14)19-13-30(16(3)20-7-5-6-10-25-20)24-23(19)27-12-21(28-24)22-15(2)29-31-17(22)4/h6-15,17H,1-5H3,(H,34,35);4-12,14H,27H2,1-3H3,(H,33,34);5-12,15H,13H2,1-4H3;5-13,16H,1-4H3/t17-;14-;15-;16-/m0000/s1. The molecular formula is C101H94ClF2N23O8. The first-order valence-electron chi connectivity index (χ1n) is 43.2. The van der Waals surface area contributed by atoms with Crippen molar-refractivity contribution in [2.45, 2.75) is 153 Å². The number of aryl methyl sites for hydroxylation is 7. The quantitative estimate of drug-likeness (QED) is 0.0530. The first-order chi connectivity index (χ1) is 64.6. The van der Waals surface area contributed by atoms with E-state index in [0.717, 1.165) is 136 Å². The molecule has 0 aliphatic rings. The van der Waals surface area contributed by atoms with E-state index in [4.69, 9.17) is 65.8 Å². The summed E-state index contributed by atoms with van der Waals surface area (Å²) in [5.41, 5.74) is 30.3. The molecule has 0 radical (unpaired) electrons. The zero-order chi connectivity index (χ0) is 95.7. The fraction of sp³-hybridized carbons (Fsp3) is 0.228. The number of nitrogens with two attached hydrogens (primary N) is 1. The lowest BCUT2D eigenvalue weighted by molar-refractivity contribution is -0.142. The summed E-state index contributed by atoms with van der Waals surface area (Å²) in [7, 11) is 0. The monoisotopic (exact) mass is 1830 g/mol. The molecule has 0 unspecified atom stereocenters. The van der Waals surface area contributed by atoms with Gasteiger partial charge in [-0.15, -0.1) is 0 Å². The summed E-state index contributed by atoms with van der Waals surface area (Å²) >= 11 is 6.24. The molecule has 0 amide bonds. The fourth-order valence-corrected chi connectivity index (χ4v) is 16.6. The van der Waals surface area contributed by atoms with Gasteiger partial charge in [0.15, 0.2) is 28.4 Å². The van der Waals surface area contributed by atoms with Crippen LogP contribution >= 0.6 is 11.6 Å². The van der Waals surface area contributed by atoms with Gasteiger partial charge in [-0.2, -0.15) is 5.10 Å². The minimum atomic E-state index is -2.87. The number of carbonyl (C=O) groups excluding carboxylic acids is 1. The molecule has 19 rings (SSSR count). The smallest absolute Gasteiger partial charge is 0.337 e. The average Bonchev–Trinajstić information content (AvgIpc) is 1.62. The number of alkyl halides is 2. The van der Waals surface area contributed by atoms with Gasteiger partial charge in [-0.05, 0) is 187 Å². The van der Waals surface area contributed by atoms with Crippen LogP contribution in [0.5, 0.6) is 0 Å². The lowest BCUT2D eigenvalue weighted by Gasteiger charge is -2.19. The number of carboxylic acids is 2. The number of aromatic nitrogens is 22. The van der Waals surface area contributed by atoms with Gasteiger partial charge in [-0.1, -0.05) is 87.7 Å². The van der Waals surface area contributed by atoms with Crippen LogP contribution in [-0.4, -0.2) is 142 Å². The van der Waals surface area contributed by atoms with E-state index < -0.39 is 29.8 Å². The molecule has 682 valence electrons. The molecule has 0 saturated carbocycles. The van der Waals surface area contributed by atoms with Crippen LogP contribution in [0.15, 0.2) is 240 Å². The van der Waals surface area contributed by atoms with E-state index >= 15 is 0 Å². The van der Waals surface area contributed by atoms with Crippen molar-refractivity contribution in [3.8, 4) is 78.3 Å². The highest BCUT2D eigenvalue weighted by molar-refractivity contribution is 6.34. The van der Waals surface area contributed by atoms with Crippen LogP contribution in [0.3, 0.4) is 0 Å². The van der Waals surface area contributed by atoms with Gasteiger partial charge in [0, 0.05) is 114 Å². The van der Waals surface area contributed by atoms with Crippen molar-refractivity contribution >= 4 is 79.6 Å². The molecule has 2 aromatic carbocycles. The Balaban J connectivity index is 0.000000131. The zero-order valence-corrected chi connectivity index (χ0v) is 77.5. The summed E-state index contributed by atoms with van der Waals surface area (Å²) in [4.78, 5) is 96.5. The molecule has 19 aromatic rings. The summed E-state index contributed by atoms with van der Waals surface area (Å²) in [6, 6.07) is 39.1. The third-order valence-electron chi connectivity index (χ3n) is 23.7. The molecule has 34 heteroatoms. The molecule has 31 nitrogen and oxygen atoms in total. The molecular weight excluding hydrogens is 1740 g/mol. The van der Waals surface area contributed by atoms with E-state index in [1.165, 1.54) is 23.9 Å². The van der Waals surface area contributed by atoms with E-state index in [1.807, 2.05) is 206 Å². The number of hydrogen-bond donors (Lipinski definition) is 3. The molecule has 4 N–H and O–H groups in total. The third kappa shape index (κ3) is 18.8. The minimum Gasteiger partial charge on any atom is -0.481 e. The highest BCUT2D eigenvalue weighted by Gasteiger charge is 2.32. The fourth-order valence-electron chi connectivity index (χ4n) is 16.4. The Labute approximate surface area is 778 Å². The molecule has 17 aromatic heterocycles. The predicted molar refractivity (Wildman–Crippen MR) is 508 cm³/mol. The summed E-state index contributed by atoms with van der Waals surface area (Å²) in [5.74, 6) is -2.97. The molecule has 0 fully saturated rings. The van der Waals surface area contributed by atoms with Gasteiger partial charge in [0.1, 0.15) is 45.9 Å². The number of fused-ring (bicyclic) bond motifs is 4. The van der Waals surface area contributed by atoms with Gasteiger partial charge in [0.2, 0.25) is 0 Å². The third-order valence-corrected chi connectivity index (χ3v) is 24.0. The number of halogens is 3. The maximum atomic E-state index is 13.5. The number of carbonyl (C=O) groups is 3. The molecule has 0 spiro atoms. The van der Waals surface area contributed by atoms with Crippen LogP contribution in [0.2, 0.25) is 5.02 Å². The van der Waals surface area contributed by atoms with E-state index in [0.29, 0.717) is 78.9 Å². The van der Waals surface area contributed by atoms with Crippen molar-refractivity contribution < 1.29 is 46.9 Å². The van der Waals surface area contributed by atoms with Crippen molar-refractivity contribution in [1.82, 2.24) is 108 Å². The van der Waals surface area contributed by atoms with Gasteiger partial charge in [0.25, 0.3) is 5.92 Å². The minimum absolute atomic E-state index is 0.0130. The number of nitrogens with zero attached hydrogens (tertiary/aromatic N) is 22. The molecule has 0 saturated heterocycles. The molecule has 0 bridgehead atoms. The number of Topliss-reactive ketones (excluding diaryl/α,β-unsaturated/α-hetero) is 1. The summed E-state index contributed by atoms with van der Waals surface area (Å²) < 4.78 is 52.4. The maximum absolute atomic E-state index is 13.5. The Kier molecular flexibility index (Phi) is 25.9. The number of rotatable bonds is 22. The van der Waals surface area contributed by atoms with Crippen LogP contribution < -0.4 is 5.73 Å². The largest absolute Gasteiger partial charge is 0.481 e. The van der Waals surface area contributed by atoms with E-state index in [2.05, 4.69) is 85.7 Å². The second kappa shape index (κ2) is 37.9. The van der Waals surface area contributed by atoms with Gasteiger partial charge in [-0.3, -0.25) is 39.2 Å². The predicted octanol–water partition coefficient (Wildman–Crippen LogP) is 20.8. The molecule has 135 heavy (non-hydrogen) atoms. The first kappa shape index (κ1) is 92.1. The number of aromatic carboxylic acids is 1. The second-order valence-corrected chi connectivity index (χ2v) is 34.0. The van der Waals surface area contributed by atoms with Gasteiger partial charge >= 0.3 is 11.9 Å². The Morgan fingerprint density at radius 2 is 0.822 bits per heavy atom. The molecule has 0 aliphatic heterocycles. The number of ketones is 1. The number of carboxylic acid groups (broad SMARTS) is 2. The van der Waals surface area contributed by atoms with E-state index in [-0.39, 0.29) is 40.5 Å². The van der Waals surface area contributed by atoms with Crippen LogP contribution in [0.25, 0.3) is 129 Å². The summed E-state index contributed by atoms with van der Waals surface area (Å²) in [6.07, 6.45) is 26.8. The zero-order valence-electron chi connectivity index (χ0n) is 76.7. The number of aliphatic carboxylic acids is 1. The molecule has 4 atom stereocenters. The van der Waals surface area contributed by atoms with Gasteiger partial charge in [0.05, 0.1) is 156 Å². The topological polar surface area (TPSA) is 401 Å². The first-order valence-corrected chi connectivity index (χ1v) is 43.6. The van der Waals surface area contributed by atoms with Crippen LogP contribution in [0.4, 0.5) is 8.78 Å². The Hall–Kier alpha value is -16.2. The maximum Gasteiger partial charge on any atom is 0.337 e. The highest BCUT2D eigenvalue weighted by Crippen LogP contribution is 2.42. The van der Waals surface area contributed by atoms with Crippen molar-refractivity contribution in [3.05, 3.63) is 311 Å². The Morgan fingerprint density at radius 1 is 0.444 bits per heavy atom. The molecule has 17 heterocycles. The van der Waals surface area contributed by atoms with E-state index in [9.17, 15) is 33.4 Å². The average molecular weight is 1830 g/mol. The highest BCUT2D eigenvalue weighted by atomic mass is 35.5. The van der Waals surface area contributed by atoms with Crippen molar-refractivity contribution in [2.24, 2.45) is 5.73 Å². The summed E-state index contributed by atoms with van der Waals surface area (Å²) in [6.45, 7) is 28.3. The Bertz CT molecular complexity index is 7610. The van der Waals surface area contributed by atoms with Crippen LogP contribution in [0.1, 0.15) is 171 Å². The number of hydrogen-bond acceptors (Lipinski definition) is 24.